The Morgan fingerprint density at radius 2 is 1.76 bits per heavy atom. The molecular weight excluding hydrogens is 344 g/mol. The van der Waals surface area contributed by atoms with Gasteiger partial charge in [0, 0.05) is 13.1 Å². The van der Waals surface area contributed by atoms with Gasteiger partial charge in [-0.25, -0.2) is 4.79 Å². The van der Waals surface area contributed by atoms with Crippen LogP contribution in [0.15, 0.2) is 29.2 Å². The minimum Gasteiger partial charge on any atom is -0.478 e. The highest BCUT2D eigenvalue weighted by molar-refractivity contribution is 8.18. The highest BCUT2D eigenvalue weighted by atomic mass is 32.2. The first-order chi connectivity index (χ1) is 12.0. The summed E-state index contributed by atoms with van der Waals surface area (Å²) in [6, 6.07) is 5.98. The first-order valence-corrected chi connectivity index (χ1v) is 8.64. The topological polar surface area (TPSA) is 95.0 Å². The van der Waals surface area contributed by atoms with Crippen molar-refractivity contribution >= 4 is 40.9 Å². The summed E-state index contributed by atoms with van der Waals surface area (Å²) in [7, 11) is 0. The van der Waals surface area contributed by atoms with Crippen LogP contribution in [0.5, 0.6) is 0 Å². The Kier molecular flexibility index (Phi) is 4.89. The Labute approximate surface area is 148 Å². The highest BCUT2D eigenvalue weighted by Crippen LogP contribution is 2.32. The van der Waals surface area contributed by atoms with Crippen LogP contribution in [0.1, 0.15) is 28.8 Å². The van der Waals surface area contributed by atoms with Gasteiger partial charge in [0.15, 0.2) is 0 Å². The lowest BCUT2D eigenvalue weighted by molar-refractivity contribution is -0.135. The molecule has 2 fully saturated rings. The first-order valence-electron chi connectivity index (χ1n) is 7.82. The van der Waals surface area contributed by atoms with Crippen molar-refractivity contribution in [3.05, 3.63) is 40.3 Å². The van der Waals surface area contributed by atoms with Crippen molar-refractivity contribution < 1.29 is 24.3 Å². The zero-order chi connectivity index (χ0) is 18.0. The number of carbonyl (C=O) groups is 4. The number of amides is 3. The largest absolute Gasteiger partial charge is 0.478 e. The number of thioether (sulfide) groups is 1. The Balaban J connectivity index is 1.71. The molecule has 0 saturated carbocycles. The van der Waals surface area contributed by atoms with Gasteiger partial charge >= 0.3 is 5.97 Å². The van der Waals surface area contributed by atoms with E-state index in [2.05, 4.69) is 0 Å². The maximum atomic E-state index is 12.4. The van der Waals surface area contributed by atoms with E-state index in [9.17, 15) is 19.2 Å². The summed E-state index contributed by atoms with van der Waals surface area (Å²) in [4.78, 5) is 50.3. The van der Waals surface area contributed by atoms with Gasteiger partial charge < -0.3 is 10.0 Å². The lowest BCUT2D eigenvalue weighted by Crippen LogP contribution is -2.40. The van der Waals surface area contributed by atoms with E-state index in [0.29, 0.717) is 18.7 Å². The fourth-order valence-electron chi connectivity index (χ4n) is 2.71. The summed E-state index contributed by atoms with van der Waals surface area (Å²) in [5.41, 5.74) is 0.753. The van der Waals surface area contributed by atoms with Crippen molar-refractivity contribution in [3.8, 4) is 0 Å². The molecule has 0 aromatic heterocycles. The number of nitrogens with zero attached hydrogens (tertiary/aromatic N) is 2. The lowest BCUT2D eigenvalue weighted by Gasteiger charge is -2.18. The molecule has 0 unspecified atom stereocenters. The number of benzene rings is 1. The molecule has 1 aromatic rings. The van der Waals surface area contributed by atoms with Crippen LogP contribution in [0, 0.1) is 0 Å². The molecule has 130 valence electrons. The van der Waals surface area contributed by atoms with Gasteiger partial charge in [-0.3, -0.25) is 19.3 Å². The number of carboxylic acid groups (broad SMARTS) is 1. The molecule has 0 spiro atoms. The lowest BCUT2D eigenvalue weighted by atomic mass is 10.1. The quantitative estimate of drug-likeness (QED) is 0.826. The smallest absolute Gasteiger partial charge is 0.335 e. The van der Waals surface area contributed by atoms with Crippen molar-refractivity contribution in [2.75, 3.05) is 19.6 Å². The van der Waals surface area contributed by atoms with E-state index >= 15 is 0 Å². The molecule has 25 heavy (non-hydrogen) atoms. The fourth-order valence-corrected chi connectivity index (χ4v) is 3.55. The number of carboxylic acids is 1. The third-order valence-corrected chi connectivity index (χ3v) is 4.99. The Morgan fingerprint density at radius 1 is 1.12 bits per heavy atom. The monoisotopic (exact) mass is 360 g/mol. The number of aromatic carboxylic acids is 1. The van der Waals surface area contributed by atoms with Gasteiger partial charge in [-0.2, -0.15) is 0 Å². The number of hydrogen-bond acceptors (Lipinski definition) is 5. The summed E-state index contributed by atoms with van der Waals surface area (Å²) < 4.78 is 0. The van der Waals surface area contributed by atoms with Gasteiger partial charge in [0.2, 0.25) is 5.91 Å². The summed E-state index contributed by atoms with van der Waals surface area (Å²) in [5, 5.41) is 8.42. The molecule has 2 saturated heterocycles. The summed E-state index contributed by atoms with van der Waals surface area (Å²) >= 11 is 0.783. The van der Waals surface area contributed by atoms with Gasteiger partial charge in [-0.15, -0.1) is 0 Å². The van der Waals surface area contributed by atoms with Crippen LogP contribution in [-0.2, 0) is 9.59 Å². The standard InChI is InChI=1S/C17H16N2O5S/c20-14(18-7-1-2-8-18)10-19-15(21)13(25-17(19)24)9-11-3-5-12(6-4-11)16(22)23/h3-6,9H,1-2,7-8,10H2,(H,22,23)/b13-9-. The molecule has 3 amide bonds. The molecule has 0 radical (unpaired) electrons. The van der Waals surface area contributed by atoms with Crippen LogP contribution >= 0.6 is 11.8 Å². The molecule has 2 aliphatic rings. The maximum Gasteiger partial charge on any atom is 0.335 e. The molecule has 0 aliphatic carbocycles. The van der Waals surface area contributed by atoms with Crippen molar-refractivity contribution in [3.63, 3.8) is 0 Å². The van der Waals surface area contributed by atoms with Crippen LogP contribution in [0.4, 0.5) is 4.79 Å². The molecule has 0 atom stereocenters. The number of hydrogen-bond donors (Lipinski definition) is 1. The molecule has 7 nitrogen and oxygen atoms in total. The maximum absolute atomic E-state index is 12.4. The van der Waals surface area contributed by atoms with Crippen molar-refractivity contribution in [2.45, 2.75) is 12.8 Å². The molecule has 2 aliphatic heterocycles. The van der Waals surface area contributed by atoms with E-state index in [0.717, 1.165) is 29.5 Å². The Bertz CT molecular complexity index is 766. The molecule has 2 heterocycles. The summed E-state index contributed by atoms with van der Waals surface area (Å²) in [6.45, 7) is 1.10. The Hall–Kier alpha value is -2.61. The fraction of sp³-hybridized carbons (Fsp3) is 0.294. The minimum absolute atomic E-state index is 0.140. The normalized spacial score (nSPS) is 19.1. The van der Waals surface area contributed by atoms with Gasteiger partial charge in [-0.1, -0.05) is 12.1 Å². The predicted octanol–water partition coefficient (Wildman–Crippen LogP) is 2.04. The predicted molar refractivity (Wildman–Crippen MR) is 91.9 cm³/mol. The van der Waals surface area contributed by atoms with E-state index < -0.39 is 17.1 Å². The van der Waals surface area contributed by atoms with Crippen LogP contribution in [-0.4, -0.2) is 57.6 Å². The first kappa shape index (κ1) is 17.2. The van der Waals surface area contributed by atoms with Crippen LogP contribution < -0.4 is 0 Å². The average molecular weight is 360 g/mol. The molecular formula is C17H16N2O5S. The van der Waals surface area contributed by atoms with Crippen molar-refractivity contribution in [2.24, 2.45) is 0 Å². The zero-order valence-electron chi connectivity index (χ0n) is 13.3. The van der Waals surface area contributed by atoms with Gasteiger partial charge in [0.1, 0.15) is 6.54 Å². The highest BCUT2D eigenvalue weighted by Gasteiger charge is 2.37. The van der Waals surface area contributed by atoms with E-state index in [4.69, 9.17) is 5.11 Å². The number of likely N-dealkylation sites (tertiary alicyclic amines) is 1. The molecule has 1 aromatic carbocycles. The SMILES string of the molecule is O=C(O)c1ccc(/C=C2\SC(=O)N(CC(=O)N3CCCC3)C2=O)cc1. The Morgan fingerprint density at radius 3 is 2.36 bits per heavy atom. The third kappa shape index (κ3) is 3.74. The third-order valence-electron chi connectivity index (χ3n) is 4.08. The average Bonchev–Trinajstić information content (AvgIpc) is 3.20. The van der Waals surface area contributed by atoms with Crippen LogP contribution in [0.3, 0.4) is 0 Å². The van der Waals surface area contributed by atoms with E-state index in [1.54, 1.807) is 17.0 Å². The number of carbonyl (C=O) groups excluding carboxylic acids is 3. The molecule has 8 heteroatoms. The summed E-state index contributed by atoms with van der Waals surface area (Å²) in [6.07, 6.45) is 3.41. The van der Waals surface area contributed by atoms with Gasteiger partial charge in [0.05, 0.1) is 10.5 Å². The van der Waals surface area contributed by atoms with Crippen LogP contribution in [0.25, 0.3) is 6.08 Å². The number of imide groups is 1. The zero-order valence-corrected chi connectivity index (χ0v) is 14.1. The van der Waals surface area contributed by atoms with E-state index in [1.165, 1.54) is 18.2 Å². The van der Waals surface area contributed by atoms with Crippen molar-refractivity contribution in [1.82, 2.24) is 9.80 Å². The van der Waals surface area contributed by atoms with E-state index in [-0.39, 0.29) is 22.9 Å². The van der Waals surface area contributed by atoms with Gasteiger partial charge in [0.25, 0.3) is 11.1 Å². The molecule has 3 rings (SSSR count). The summed E-state index contributed by atoms with van der Waals surface area (Å²) in [5.74, 6) is -1.75. The second-order valence-electron chi connectivity index (χ2n) is 5.78. The van der Waals surface area contributed by atoms with Gasteiger partial charge in [-0.05, 0) is 48.4 Å². The van der Waals surface area contributed by atoms with E-state index in [1.807, 2.05) is 0 Å². The second-order valence-corrected chi connectivity index (χ2v) is 6.78. The number of rotatable bonds is 4. The second kappa shape index (κ2) is 7.10. The molecule has 1 N–H and O–H groups in total. The molecule has 0 bridgehead atoms. The van der Waals surface area contributed by atoms with Crippen LogP contribution in [0.2, 0.25) is 0 Å². The van der Waals surface area contributed by atoms with Crippen molar-refractivity contribution in [1.29, 1.82) is 0 Å². The minimum atomic E-state index is -1.03.